The van der Waals surface area contributed by atoms with Gasteiger partial charge in [0.1, 0.15) is 0 Å². The van der Waals surface area contributed by atoms with Gasteiger partial charge < -0.3 is 11.1 Å². The lowest BCUT2D eigenvalue weighted by Crippen LogP contribution is -2.31. The SMILES string of the molecule is Cc1cc(C(CN)NCC(C)C)c(C)s1. The number of hydrogen-bond donors (Lipinski definition) is 2. The topological polar surface area (TPSA) is 38.0 Å². The van der Waals surface area contributed by atoms with Crippen LogP contribution in [0.5, 0.6) is 0 Å². The van der Waals surface area contributed by atoms with Gasteiger partial charge in [-0.2, -0.15) is 0 Å². The van der Waals surface area contributed by atoms with Crippen molar-refractivity contribution in [1.82, 2.24) is 5.32 Å². The monoisotopic (exact) mass is 226 g/mol. The fourth-order valence-electron chi connectivity index (χ4n) is 1.69. The van der Waals surface area contributed by atoms with E-state index >= 15 is 0 Å². The Balaban J connectivity index is 2.69. The predicted octanol–water partition coefficient (Wildman–Crippen LogP) is 2.61. The number of nitrogens with one attached hydrogen (secondary N) is 1. The van der Waals surface area contributed by atoms with Crippen LogP contribution in [-0.2, 0) is 0 Å². The molecule has 1 atom stereocenters. The highest BCUT2D eigenvalue weighted by molar-refractivity contribution is 7.12. The Labute approximate surface area is 96.9 Å². The average molecular weight is 226 g/mol. The third-order valence-electron chi connectivity index (χ3n) is 2.46. The Kier molecular flexibility index (Phi) is 4.77. The van der Waals surface area contributed by atoms with Crippen molar-refractivity contribution in [3.05, 3.63) is 21.4 Å². The molecule has 0 spiro atoms. The fraction of sp³-hybridized carbons (Fsp3) is 0.667. The van der Waals surface area contributed by atoms with Gasteiger partial charge in [-0.15, -0.1) is 11.3 Å². The van der Waals surface area contributed by atoms with E-state index in [0.29, 0.717) is 18.5 Å². The van der Waals surface area contributed by atoms with E-state index in [4.69, 9.17) is 5.73 Å². The highest BCUT2D eigenvalue weighted by Crippen LogP contribution is 2.25. The lowest BCUT2D eigenvalue weighted by Gasteiger charge is -2.18. The van der Waals surface area contributed by atoms with E-state index in [-0.39, 0.29) is 0 Å². The lowest BCUT2D eigenvalue weighted by atomic mass is 10.1. The van der Waals surface area contributed by atoms with Gasteiger partial charge in [-0.1, -0.05) is 13.8 Å². The Morgan fingerprint density at radius 1 is 1.40 bits per heavy atom. The molecule has 0 bridgehead atoms. The molecule has 1 unspecified atom stereocenters. The standard InChI is InChI=1S/C12H22N2S/c1-8(2)7-14-12(6-13)11-5-9(3)15-10(11)4/h5,8,12,14H,6-7,13H2,1-4H3. The summed E-state index contributed by atoms with van der Waals surface area (Å²) in [6, 6.07) is 2.57. The van der Waals surface area contributed by atoms with Gasteiger partial charge in [0.15, 0.2) is 0 Å². The van der Waals surface area contributed by atoms with Gasteiger partial charge in [0.05, 0.1) is 0 Å². The Bertz CT molecular complexity index is 305. The molecule has 0 radical (unpaired) electrons. The Morgan fingerprint density at radius 3 is 2.47 bits per heavy atom. The summed E-state index contributed by atoms with van der Waals surface area (Å²) in [6.45, 7) is 10.4. The van der Waals surface area contributed by atoms with Gasteiger partial charge in [0, 0.05) is 22.3 Å². The summed E-state index contributed by atoms with van der Waals surface area (Å²) >= 11 is 1.85. The summed E-state index contributed by atoms with van der Waals surface area (Å²) in [7, 11) is 0. The minimum atomic E-state index is 0.317. The van der Waals surface area contributed by atoms with E-state index in [0.717, 1.165) is 6.54 Å². The molecule has 86 valence electrons. The van der Waals surface area contributed by atoms with E-state index in [2.05, 4.69) is 39.1 Å². The summed E-state index contributed by atoms with van der Waals surface area (Å²) in [5, 5.41) is 3.52. The first-order valence-electron chi connectivity index (χ1n) is 5.55. The molecule has 1 aromatic heterocycles. The third-order valence-corrected chi connectivity index (χ3v) is 3.44. The molecule has 1 heterocycles. The zero-order valence-electron chi connectivity index (χ0n) is 10.1. The molecular weight excluding hydrogens is 204 g/mol. The predicted molar refractivity (Wildman–Crippen MR) is 68.4 cm³/mol. The minimum Gasteiger partial charge on any atom is -0.329 e. The van der Waals surface area contributed by atoms with Crippen LogP contribution in [0.15, 0.2) is 6.07 Å². The largest absolute Gasteiger partial charge is 0.329 e. The third kappa shape index (κ3) is 3.59. The number of thiophene rings is 1. The van der Waals surface area contributed by atoms with Gasteiger partial charge >= 0.3 is 0 Å². The molecule has 1 rings (SSSR count). The second-order valence-electron chi connectivity index (χ2n) is 4.46. The molecule has 1 aromatic rings. The Morgan fingerprint density at radius 2 is 2.07 bits per heavy atom. The van der Waals surface area contributed by atoms with E-state index in [1.807, 2.05) is 11.3 Å². The van der Waals surface area contributed by atoms with Crippen LogP contribution in [-0.4, -0.2) is 13.1 Å². The molecule has 3 N–H and O–H groups in total. The van der Waals surface area contributed by atoms with Gasteiger partial charge in [-0.3, -0.25) is 0 Å². The summed E-state index contributed by atoms with van der Waals surface area (Å²) in [5.74, 6) is 0.666. The van der Waals surface area contributed by atoms with Crippen molar-refractivity contribution in [2.45, 2.75) is 33.7 Å². The smallest absolute Gasteiger partial charge is 0.0455 e. The molecule has 3 heteroatoms. The van der Waals surface area contributed by atoms with Crippen molar-refractivity contribution in [1.29, 1.82) is 0 Å². The van der Waals surface area contributed by atoms with Crippen molar-refractivity contribution in [3.8, 4) is 0 Å². The van der Waals surface area contributed by atoms with E-state index < -0.39 is 0 Å². The van der Waals surface area contributed by atoms with E-state index in [9.17, 15) is 0 Å². The highest BCUT2D eigenvalue weighted by Gasteiger charge is 2.13. The lowest BCUT2D eigenvalue weighted by molar-refractivity contribution is 0.479. The number of rotatable bonds is 5. The van der Waals surface area contributed by atoms with Gasteiger partial charge in [-0.25, -0.2) is 0 Å². The van der Waals surface area contributed by atoms with Crippen molar-refractivity contribution in [3.63, 3.8) is 0 Å². The van der Waals surface area contributed by atoms with Gasteiger partial charge in [-0.05, 0) is 37.9 Å². The molecule has 0 aliphatic carbocycles. The minimum absolute atomic E-state index is 0.317. The van der Waals surface area contributed by atoms with Crippen LogP contribution in [0.1, 0.15) is 35.2 Å². The Hall–Kier alpha value is -0.380. The van der Waals surface area contributed by atoms with Crippen molar-refractivity contribution < 1.29 is 0 Å². The van der Waals surface area contributed by atoms with E-state index in [1.54, 1.807) is 0 Å². The maximum atomic E-state index is 5.81. The molecule has 0 aliphatic heterocycles. The van der Waals surface area contributed by atoms with Crippen LogP contribution < -0.4 is 11.1 Å². The van der Waals surface area contributed by atoms with Crippen LogP contribution in [0.3, 0.4) is 0 Å². The highest BCUT2D eigenvalue weighted by atomic mass is 32.1. The maximum Gasteiger partial charge on any atom is 0.0455 e. The second kappa shape index (κ2) is 5.64. The first-order chi connectivity index (χ1) is 7.04. The van der Waals surface area contributed by atoms with Crippen molar-refractivity contribution >= 4 is 11.3 Å². The molecule has 0 aliphatic rings. The normalized spacial score (nSPS) is 13.5. The number of hydrogen-bond acceptors (Lipinski definition) is 3. The number of nitrogens with two attached hydrogens (primary N) is 1. The first kappa shape index (κ1) is 12.7. The summed E-state index contributed by atoms with van der Waals surface area (Å²) in [5.41, 5.74) is 7.19. The summed E-state index contributed by atoms with van der Waals surface area (Å²) in [4.78, 5) is 2.76. The first-order valence-corrected chi connectivity index (χ1v) is 6.36. The quantitative estimate of drug-likeness (QED) is 0.810. The fourth-order valence-corrected chi connectivity index (χ4v) is 2.68. The zero-order valence-corrected chi connectivity index (χ0v) is 10.9. The van der Waals surface area contributed by atoms with Crippen LogP contribution in [0.2, 0.25) is 0 Å². The van der Waals surface area contributed by atoms with E-state index in [1.165, 1.54) is 15.3 Å². The number of aryl methyl sites for hydroxylation is 2. The summed E-state index contributed by atoms with van der Waals surface area (Å²) < 4.78 is 0. The maximum absolute atomic E-state index is 5.81. The molecule has 15 heavy (non-hydrogen) atoms. The average Bonchev–Trinajstić information content (AvgIpc) is 2.46. The molecule has 0 saturated carbocycles. The molecule has 0 fully saturated rings. The van der Waals surface area contributed by atoms with Crippen molar-refractivity contribution in [2.24, 2.45) is 11.7 Å². The molecule has 2 nitrogen and oxygen atoms in total. The molecular formula is C12H22N2S. The van der Waals surface area contributed by atoms with Gasteiger partial charge in [0.25, 0.3) is 0 Å². The summed E-state index contributed by atoms with van der Waals surface area (Å²) in [6.07, 6.45) is 0. The zero-order chi connectivity index (χ0) is 11.4. The van der Waals surface area contributed by atoms with Crippen LogP contribution in [0, 0.1) is 19.8 Å². The van der Waals surface area contributed by atoms with Crippen molar-refractivity contribution in [2.75, 3.05) is 13.1 Å². The van der Waals surface area contributed by atoms with Gasteiger partial charge in [0.2, 0.25) is 0 Å². The molecule has 0 aromatic carbocycles. The second-order valence-corrected chi connectivity index (χ2v) is 5.92. The van der Waals surface area contributed by atoms with Crippen LogP contribution >= 0.6 is 11.3 Å². The van der Waals surface area contributed by atoms with Crippen LogP contribution in [0.4, 0.5) is 0 Å². The molecule has 0 amide bonds. The molecule has 0 saturated heterocycles. The van der Waals surface area contributed by atoms with Crippen LogP contribution in [0.25, 0.3) is 0 Å².